The van der Waals surface area contributed by atoms with E-state index in [0.717, 1.165) is 12.8 Å². The van der Waals surface area contributed by atoms with Crippen LogP contribution in [0.1, 0.15) is 19.8 Å². The highest BCUT2D eigenvalue weighted by atomic mass is 16.6. The number of hydrogen-bond acceptors (Lipinski definition) is 8. The molecule has 0 aliphatic heterocycles. The van der Waals surface area contributed by atoms with Crippen molar-refractivity contribution in [2.24, 2.45) is 0 Å². The number of nitro benzene ring substituents is 1. The zero-order valence-corrected chi connectivity index (χ0v) is 16.3. The Hall–Kier alpha value is -3.34. The van der Waals surface area contributed by atoms with E-state index >= 15 is 0 Å². The van der Waals surface area contributed by atoms with Gasteiger partial charge >= 0.3 is 5.69 Å². The van der Waals surface area contributed by atoms with Crippen LogP contribution in [0.4, 0.5) is 17.2 Å². The molecule has 158 valence electrons. The maximum absolute atomic E-state index is 12.2. The first-order chi connectivity index (χ1) is 13.7. The first kappa shape index (κ1) is 22.0. The van der Waals surface area contributed by atoms with Crippen LogP contribution in [0.2, 0.25) is 0 Å². The number of anilines is 2. The van der Waals surface area contributed by atoms with Crippen LogP contribution < -0.4 is 26.6 Å². The van der Waals surface area contributed by atoms with Crippen LogP contribution >= 0.6 is 0 Å². The number of benzene rings is 1. The molecule has 0 amide bonds. The van der Waals surface area contributed by atoms with Gasteiger partial charge in [0.2, 0.25) is 0 Å². The Balaban J connectivity index is 2.08. The number of nitro groups is 1. The highest BCUT2D eigenvalue weighted by Gasteiger charge is 2.19. The normalized spacial score (nSPS) is 11.8. The number of aromatic nitrogens is 2. The number of nitrogens with two attached hydrogens (primary N) is 1. The van der Waals surface area contributed by atoms with Crippen molar-refractivity contribution in [3.05, 3.63) is 55.2 Å². The van der Waals surface area contributed by atoms with Crippen molar-refractivity contribution in [2.45, 2.75) is 32.4 Å². The number of aliphatic hydroxyl groups is 1. The second kappa shape index (κ2) is 9.73. The number of nitrogen functional groups attached to an aromatic ring is 1. The number of ether oxygens (including phenoxy) is 1. The molecule has 2 aromatic rings. The van der Waals surface area contributed by atoms with Crippen LogP contribution in [0.5, 0.6) is 5.75 Å². The molecule has 0 saturated carbocycles. The molecule has 1 aromatic carbocycles. The second-order valence-corrected chi connectivity index (χ2v) is 6.60. The lowest BCUT2D eigenvalue weighted by molar-refractivity contribution is -0.384. The monoisotopic (exact) mass is 407 g/mol. The quantitative estimate of drug-likeness (QED) is 0.384. The Morgan fingerprint density at radius 1 is 1.41 bits per heavy atom. The van der Waals surface area contributed by atoms with E-state index in [2.05, 4.69) is 4.98 Å². The van der Waals surface area contributed by atoms with Gasteiger partial charge in [0.25, 0.3) is 11.2 Å². The molecule has 0 aliphatic carbocycles. The fraction of sp³-hybridized carbons (Fsp3) is 0.444. The lowest BCUT2D eigenvalue weighted by atomic mass is 10.3. The van der Waals surface area contributed by atoms with Gasteiger partial charge in [-0.1, -0.05) is 19.4 Å². The van der Waals surface area contributed by atoms with Gasteiger partial charge in [0.1, 0.15) is 30.0 Å². The Morgan fingerprint density at radius 2 is 2.14 bits per heavy atom. The molecule has 0 bridgehead atoms. The van der Waals surface area contributed by atoms with Crippen molar-refractivity contribution in [3.63, 3.8) is 0 Å². The molecule has 0 saturated heterocycles. The molecule has 0 aliphatic rings. The fourth-order valence-electron chi connectivity index (χ4n) is 2.82. The van der Waals surface area contributed by atoms with Gasteiger partial charge in [-0.05, 0) is 12.5 Å². The molecule has 29 heavy (non-hydrogen) atoms. The maximum atomic E-state index is 12.2. The minimum Gasteiger partial charge on any atom is -0.491 e. The predicted molar refractivity (Wildman–Crippen MR) is 109 cm³/mol. The third kappa shape index (κ3) is 5.57. The topological polar surface area (TPSA) is 157 Å². The summed E-state index contributed by atoms with van der Waals surface area (Å²) in [4.78, 5) is 38.2. The number of hydrogen-bond donors (Lipinski definition) is 3. The van der Waals surface area contributed by atoms with Gasteiger partial charge in [-0.3, -0.25) is 24.5 Å². The van der Waals surface area contributed by atoms with Crippen LogP contribution in [0.15, 0.2) is 33.9 Å². The van der Waals surface area contributed by atoms with Crippen LogP contribution in [0.25, 0.3) is 0 Å². The van der Waals surface area contributed by atoms with Crippen molar-refractivity contribution in [1.29, 1.82) is 0 Å². The average Bonchev–Trinajstić information content (AvgIpc) is 2.66. The third-order valence-corrected chi connectivity index (χ3v) is 4.29. The Labute approximate surface area is 166 Å². The van der Waals surface area contributed by atoms with E-state index in [0.29, 0.717) is 6.54 Å². The summed E-state index contributed by atoms with van der Waals surface area (Å²) in [5.74, 6) is 0.271. The number of nitrogens with zero attached hydrogens (tertiary/aromatic N) is 3. The number of rotatable bonds is 10. The lowest BCUT2D eigenvalue weighted by Crippen LogP contribution is -2.40. The average molecular weight is 407 g/mol. The number of likely N-dealkylation sites (N-methyl/N-ethyl adjacent to an activating group) is 1. The van der Waals surface area contributed by atoms with Crippen molar-refractivity contribution >= 4 is 17.2 Å². The maximum Gasteiger partial charge on any atom is 0.330 e. The summed E-state index contributed by atoms with van der Waals surface area (Å²) in [6.45, 7) is 2.18. The summed E-state index contributed by atoms with van der Waals surface area (Å²) in [7, 11) is 1.56. The molecule has 0 spiro atoms. The molecular formula is C18H25N5O6. The van der Waals surface area contributed by atoms with E-state index in [4.69, 9.17) is 10.5 Å². The number of aliphatic hydroxyl groups excluding tert-OH is 1. The van der Waals surface area contributed by atoms with Crippen molar-refractivity contribution in [1.82, 2.24) is 9.55 Å². The highest BCUT2D eigenvalue weighted by molar-refractivity contribution is 5.62. The molecule has 4 N–H and O–H groups in total. The summed E-state index contributed by atoms with van der Waals surface area (Å²) in [6, 6.07) is 5.60. The smallest absolute Gasteiger partial charge is 0.330 e. The number of H-pyrrole nitrogens is 1. The van der Waals surface area contributed by atoms with E-state index in [-0.39, 0.29) is 36.1 Å². The second-order valence-electron chi connectivity index (χ2n) is 6.60. The summed E-state index contributed by atoms with van der Waals surface area (Å²) in [6.07, 6.45) is 0.553. The molecule has 0 fully saturated rings. The van der Waals surface area contributed by atoms with Gasteiger partial charge in [-0.15, -0.1) is 0 Å². The number of aromatic amines is 1. The Kier molecular flexibility index (Phi) is 7.37. The van der Waals surface area contributed by atoms with Crippen molar-refractivity contribution in [3.8, 4) is 5.75 Å². The molecule has 1 atom stereocenters. The van der Waals surface area contributed by atoms with Gasteiger partial charge in [0.05, 0.1) is 11.0 Å². The molecule has 1 unspecified atom stereocenters. The van der Waals surface area contributed by atoms with Crippen molar-refractivity contribution in [2.75, 3.05) is 30.8 Å². The SMILES string of the molecule is CCCCn1c(N)c(N(C)CC(O)COc2cccc([N+](=O)[O-])c2)c(=O)[nH]c1=O. The first-order valence-corrected chi connectivity index (χ1v) is 9.13. The third-order valence-electron chi connectivity index (χ3n) is 4.29. The largest absolute Gasteiger partial charge is 0.491 e. The molecule has 1 heterocycles. The molecule has 11 heteroatoms. The predicted octanol–water partition coefficient (Wildman–Crippen LogP) is 0.703. The van der Waals surface area contributed by atoms with Crippen LogP contribution in [0.3, 0.4) is 0 Å². The van der Waals surface area contributed by atoms with E-state index in [1.807, 2.05) is 6.92 Å². The Morgan fingerprint density at radius 3 is 2.79 bits per heavy atom. The molecule has 1 aromatic heterocycles. The summed E-state index contributed by atoms with van der Waals surface area (Å²) < 4.78 is 6.69. The summed E-state index contributed by atoms with van der Waals surface area (Å²) >= 11 is 0. The van der Waals surface area contributed by atoms with E-state index in [1.165, 1.54) is 33.7 Å². The fourth-order valence-corrected chi connectivity index (χ4v) is 2.82. The zero-order chi connectivity index (χ0) is 21.6. The van der Waals surface area contributed by atoms with Crippen LogP contribution in [-0.2, 0) is 6.54 Å². The van der Waals surface area contributed by atoms with Crippen LogP contribution in [-0.4, -0.2) is 45.9 Å². The molecular weight excluding hydrogens is 382 g/mol. The first-order valence-electron chi connectivity index (χ1n) is 9.13. The highest BCUT2D eigenvalue weighted by Crippen LogP contribution is 2.20. The summed E-state index contributed by atoms with van der Waals surface area (Å²) in [5.41, 5.74) is 4.77. The van der Waals surface area contributed by atoms with Crippen molar-refractivity contribution < 1.29 is 14.8 Å². The van der Waals surface area contributed by atoms with Gasteiger partial charge < -0.3 is 20.5 Å². The number of non-ortho nitro benzene ring substituents is 1. The lowest BCUT2D eigenvalue weighted by Gasteiger charge is -2.24. The van der Waals surface area contributed by atoms with Gasteiger partial charge in [-0.2, -0.15) is 0 Å². The number of nitrogens with one attached hydrogen (secondary N) is 1. The van der Waals surface area contributed by atoms with E-state index in [1.54, 1.807) is 7.05 Å². The standard InChI is InChI=1S/C18H25N5O6/c1-3-4-8-22-16(19)15(17(25)20-18(22)26)21(2)10-13(24)11-29-14-7-5-6-12(9-14)23(27)28/h5-7,9,13,24H,3-4,8,10-11,19H2,1-2H3,(H,20,25,26). The van der Waals surface area contributed by atoms with Gasteiger partial charge in [0, 0.05) is 26.2 Å². The van der Waals surface area contributed by atoms with E-state index < -0.39 is 22.3 Å². The minimum atomic E-state index is -1.02. The minimum absolute atomic E-state index is 0.00577. The van der Waals surface area contributed by atoms with Gasteiger partial charge in [-0.25, -0.2) is 4.79 Å². The Bertz CT molecular complexity index is 970. The zero-order valence-electron chi connectivity index (χ0n) is 16.3. The molecule has 11 nitrogen and oxygen atoms in total. The number of unbranched alkanes of at least 4 members (excludes halogenated alkanes) is 1. The van der Waals surface area contributed by atoms with Gasteiger partial charge in [0.15, 0.2) is 0 Å². The molecule has 2 rings (SSSR count). The van der Waals surface area contributed by atoms with E-state index in [9.17, 15) is 24.8 Å². The summed E-state index contributed by atoms with van der Waals surface area (Å²) in [5, 5.41) is 21.0. The molecule has 0 radical (unpaired) electrons. The van der Waals surface area contributed by atoms with Crippen LogP contribution in [0, 0.1) is 10.1 Å².